The lowest BCUT2D eigenvalue weighted by molar-refractivity contribution is -0.153. The molecular weight excluding hydrogens is 691 g/mol. The fourth-order valence-electron chi connectivity index (χ4n) is 6.38. The van der Waals surface area contributed by atoms with E-state index in [1.807, 2.05) is 6.08 Å². The minimum atomic E-state index is -4.53. The maximum absolute atomic E-state index is 12.6. The summed E-state index contributed by atoms with van der Waals surface area (Å²) in [5, 5.41) is 18.3. The van der Waals surface area contributed by atoms with Crippen LogP contribution in [0.3, 0.4) is 0 Å². The SMILES string of the molecule is CCCCCCCCCCCCCCCC/C=C\OC[C@H](COP(=O)(O)OC[C@@H](O)CO)OC(=O)CCCCCCCCCCCCCCCCCC. The summed E-state index contributed by atoms with van der Waals surface area (Å²) >= 11 is 0. The molecule has 0 amide bonds. The van der Waals surface area contributed by atoms with Gasteiger partial charge in [-0.3, -0.25) is 13.8 Å². The van der Waals surface area contributed by atoms with Gasteiger partial charge in [0.2, 0.25) is 0 Å². The Balaban J connectivity index is 4.17. The van der Waals surface area contributed by atoms with Crippen LogP contribution in [0.25, 0.3) is 0 Å². The van der Waals surface area contributed by atoms with E-state index in [1.54, 1.807) is 6.26 Å². The number of hydrogen-bond acceptors (Lipinski definition) is 8. The van der Waals surface area contributed by atoms with Gasteiger partial charge in [0.15, 0.2) is 6.10 Å². The number of unbranched alkanes of at least 4 members (excludes halogenated alkanes) is 29. The molecule has 53 heavy (non-hydrogen) atoms. The van der Waals surface area contributed by atoms with Crippen LogP contribution in [0, 0.1) is 0 Å². The number of carbonyl (C=O) groups is 1. The predicted molar refractivity (Wildman–Crippen MR) is 219 cm³/mol. The molecule has 3 N–H and O–H groups in total. The third-order valence-electron chi connectivity index (χ3n) is 9.80. The minimum absolute atomic E-state index is 0.0286. The first kappa shape index (κ1) is 52.0. The Morgan fingerprint density at radius 2 is 0.943 bits per heavy atom. The van der Waals surface area contributed by atoms with Gasteiger partial charge in [0.25, 0.3) is 0 Å². The lowest BCUT2D eigenvalue weighted by Crippen LogP contribution is -2.28. The molecule has 0 saturated carbocycles. The Morgan fingerprint density at radius 1 is 0.566 bits per heavy atom. The number of phosphoric ester groups is 1. The number of esters is 1. The molecule has 0 aliphatic carbocycles. The second-order valence-corrected chi connectivity index (χ2v) is 16.6. The van der Waals surface area contributed by atoms with E-state index in [2.05, 4.69) is 13.8 Å². The van der Waals surface area contributed by atoms with Crippen molar-refractivity contribution in [1.82, 2.24) is 0 Å². The van der Waals surface area contributed by atoms with E-state index in [4.69, 9.17) is 23.6 Å². The molecule has 0 aromatic rings. The van der Waals surface area contributed by atoms with Crippen molar-refractivity contribution in [1.29, 1.82) is 0 Å². The fourth-order valence-corrected chi connectivity index (χ4v) is 7.17. The highest BCUT2D eigenvalue weighted by molar-refractivity contribution is 7.47. The number of aliphatic hydroxyl groups is 2. The van der Waals surface area contributed by atoms with Crippen molar-refractivity contribution < 1.29 is 43.0 Å². The summed E-state index contributed by atoms with van der Waals surface area (Å²) < 4.78 is 33.1. The van der Waals surface area contributed by atoms with Gasteiger partial charge in [0, 0.05) is 6.42 Å². The second kappa shape index (κ2) is 40.7. The van der Waals surface area contributed by atoms with Crippen molar-refractivity contribution in [2.75, 3.05) is 26.4 Å². The maximum Gasteiger partial charge on any atom is 0.472 e. The number of rotatable bonds is 43. The lowest BCUT2D eigenvalue weighted by atomic mass is 10.0. The number of carbonyl (C=O) groups excluding carboxylic acids is 1. The van der Waals surface area contributed by atoms with Gasteiger partial charge >= 0.3 is 13.8 Å². The smallest absolute Gasteiger partial charge is 0.472 e. The van der Waals surface area contributed by atoms with Gasteiger partial charge in [-0.05, 0) is 25.3 Å². The van der Waals surface area contributed by atoms with Crippen LogP contribution in [0.15, 0.2) is 12.3 Å². The zero-order valence-corrected chi connectivity index (χ0v) is 35.4. The van der Waals surface area contributed by atoms with Crippen LogP contribution in [-0.4, -0.2) is 59.7 Å². The summed E-state index contributed by atoms with van der Waals surface area (Å²) in [6.07, 6.45) is 41.1. The van der Waals surface area contributed by atoms with Crippen molar-refractivity contribution in [2.45, 2.75) is 232 Å². The molecule has 316 valence electrons. The quantitative estimate of drug-likeness (QED) is 0.0240. The number of hydrogen-bond donors (Lipinski definition) is 3. The summed E-state index contributed by atoms with van der Waals surface area (Å²) in [6.45, 7) is 2.92. The zero-order valence-electron chi connectivity index (χ0n) is 34.5. The maximum atomic E-state index is 12.6. The van der Waals surface area contributed by atoms with Crippen LogP contribution in [0.4, 0.5) is 0 Å². The van der Waals surface area contributed by atoms with Gasteiger partial charge in [0.05, 0.1) is 26.1 Å². The predicted octanol–water partition coefficient (Wildman–Crippen LogP) is 12.4. The first-order valence-electron chi connectivity index (χ1n) is 22.2. The Hall–Kier alpha value is -0.960. The van der Waals surface area contributed by atoms with Gasteiger partial charge in [-0.15, -0.1) is 0 Å². The highest BCUT2D eigenvalue weighted by Gasteiger charge is 2.26. The molecule has 0 aromatic heterocycles. The third kappa shape index (κ3) is 40.5. The summed E-state index contributed by atoms with van der Waals surface area (Å²) in [6, 6.07) is 0. The van der Waals surface area contributed by atoms with Gasteiger partial charge < -0.3 is 24.6 Å². The standard InChI is InChI=1S/C43H85O9P/c1-3-5-7-9-11-13-15-17-19-21-23-25-27-29-31-33-35-43(46)52-42(40-51-53(47,48)50-38-41(45)37-44)39-49-36-34-32-30-28-26-24-22-20-18-16-14-12-10-8-6-4-2/h34,36,41-42,44-45H,3-33,35,37-40H2,1-2H3,(H,47,48)/b36-34-/t41-,42+/m0/s1. The Labute approximate surface area is 326 Å². The highest BCUT2D eigenvalue weighted by Crippen LogP contribution is 2.43. The number of aliphatic hydroxyl groups excluding tert-OH is 2. The Bertz CT molecular complexity index is 841. The highest BCUT2D eigenvalue weighted by atomic mass is 31.2. The van der Waals surface area contributed by atoms with Crippen molar-refractivity contribution in [3.63, 3.8) is 0 Å². The number of ether oxygens (including phenoxy) is 2. The van der Waals surface area contributed by atoms with Crippen LogP contribution in [0.1, 0.15) is 219 Å². The van der Waals surface area contributed by atoms with Crippen LogP contribution in [-0.2, 0) is 27.9 Å². The molecule has 1 unspecified atom stereocenters. The number of phosphoric acid groups is 1. The van der Waals surface area contributed by atoms with Crippen molar-refractivity contribution in [2.24, 2.45) is 0 Å². The molecule has 0 bridgehead atoms. The van der Waals surface area contributed by atoms with Crippen molar-refractivity contribution in [3.8, 4) is 0 Å². The van der Waals surface area contributed by atoms with E-state index in [1.165, 1.54) is 167 Å². The first-order chi connectivity index (χ1) is 25.8. The molecule has 3 atom stereocenters. The fraction of sp³-hybridized carbons (Fsp3) is 0.930. The number of allylic oxidation sites excluding steroid dienone is 1. The van der Waals surface area contributed by atoms with Gasteiger partial charge in [0.1, 0.15) is 12.7 Å². The molecule has 0 radical (unpaired) electrons. The minimum Gasteiger partial charge on any atom is -0.498 e. The Kier molecular flexibility index (Phi) is 40.0. The molecule has 0 aromatic carbocycles. The molecule has 0 spiro atoms. The van der Waals surface area contributed by atoms with E-state index in [-0.39, 0.29) is 13.0 Å². The van der Waals surface area contributed by atoms with E-state index in [9.17, 15) is 19.4 Å². The summed E-state index contributed by atoms with van der Waals surface area (Å²) in [5.41, 5.74) is 0. The summed E-state index contributed by atoms with van der Waals surface area (Å²) in [4.78, 5) is 22.5. The normalized spacial score (nSPS) is 14.1. The van der Waals surface area contributed by atoms with Crippen LogP contribution < -0.4 is 0 Å². The average molecular weight is 777 g/mol. The lowest BCUT2D eigenvalue weighted by Gasteiger charge is -2.20. The van der Waals surface area contributed by atoms with E-state index >= 15 is 0 Å². The van der Waals surface area contributed by atoms with Crippen LogP contribution in [0.2, 0.25) is 0 Å². The van der Waals surface area contributed by atoms with Crippen molar-refractivity contribution in [3.05, 3.63) is 12.3 Å². The zero-order chi connectivity index (χ0) is 38.9. The topological polar surface area (TPSA) is 132 Å². The van der Waals surface area contributed by atoms with E-state index in [0.29, 0.717) is 0 Å². The monoisotopic (exact) mass is 777 g/mol. The molecule has 0 fully saturated rings. The van der Waals surface area contributed by atoms with Gasteiger partial charge in [-0.2, -0.15) is 0 Å². The molecule has 0 aliphatic heterocycles. The molecule has 0 heterocycles. The summed E-state index contributed by atoms with van der Waals surface area (Å²) in [7, 11) is -4.53. The second-order valence-electron chi connectivity index (χ2n) is 15.2. The first-order valence-corrected chi connectivity index (χ1v) is 23.7. The van der Waals surface area contributed by atoms with E-state index in [0.717, 1.165) is 32.1 Å². The third-order valence-corrected chi connectivity index (χ3v) is 10.7. The van der Waals surface area contributed by atoms with E-state index < -0.39 is 45.8 Å². The van der Waals surface area contributed by atoms with Crippen molar-refractivity contribution >= 4 is 13.8 Å². The molecule has 10 heteroatoms. The van der Waals surface area contributed by atoms with Crippen LogP contribution in [0.5, 0.6) is 0 Å². The molecular formula is C43H85O9P. The summed E-state index contributed by atoms with van der Waals surface area (Å²) in [5.74, 6) is -0.400. The Morgan fingerprint density at radius 3 is 1.36 bits per heavy atom. The largest absolute Gasteiger partial charge is 0.498 e. The van der Waals surface area contributed by atoms with Crippen LogP contribution >= 0.6 is 7.82 Å². The molecule has 0 saturated heterocycles. The molecule has 0 rings (SSSR count). The van der Waals surface area contributed by atoms with Gasteiger partial charge in [-0.25, -0.2) is 4.57 Å². The molecule has 0 aliphatic rings. The average Bonchev–Trinajstić information content (AvgIpc) is 3.15. The molecule has 9 nitrogen and oxygen atoms in total. The van der Waals surface area contributed by atoms with Gasteiger partial charge in [-0.1, -0.05) is 194 Å².